The molecule has 1 aromatic carbocycles. The van der Waals surface area contributed by atoms with Crippen LogP contribution in [0.4, 0.5) is 11.4 Å². The summed E-state index contributed by atoms with van der Waals surface area (Å²) in [6.07, 6.45) is 3.06. The van der Waals surface area contributed by atoms with Crippen LogP contribution in [-0.4, -0.2) is 17.9 Å². The lowest BCUT2D eigenvalue weighted by Gasteiger charge is -2.19. The molecule has 0 aliphatic rings. The average molecular weight is 296 g/mol. The van der Waals surface area contributed by atoms with Crippen molar-refractivity contribution in [2.24, 2.45) is 0 Å². The summed E-state index contributed by atoms with van der Waals surface area (Å²) in [6.45, 7) is 0. The summed E-state index contributed by atoms with van der Waals surface area (Å²) in [5.74, 6) is -0.248. The lowest BCUT2D eigenvalue weighted by Crippen LogP contribution is -2.27. The molecule has 0 fully saturated rings. The number of pyridine rings is 1. The van der Waals surface area contributed by atoms with Gasteiger partial charge in [0.15, 0.2) is 0 Å². The van der Waals surface area contributed by atoms with Crippen molar-refractivity contribution in [3.8, 4) is 0 Å². The van der Waals surface area contributed by atoms with Crippen LogP contribution in [0, 0.1) is 0 Å². The van der Waals surface area contributed by atoms with Crippen molar-refractivity contribution in [3.05, 3.63) is 52.3 Å². The third-order valence-electron chi connectivity index (χ3n) is 2.60. The maximum Gasteiger partial charge on any atom is 0.258 e. The van der Waals surface area contributed by atoms with Crippen LogP contribution in [-0.2, 0) is 0 Å². The van der Waals surface area contributed by atoms with Gasteiger partial charge in [-0.15, -0.1) is 0 Å². The number of hydrogen-bond acceptors (Lipinski definition) is 3. The largest absolute Gasteiger partial charge is 0.396 e. The van der Waals surface area contributed by atoms with Gasteiger partial charge in [-0.2, -0.15) is 0 Å². The summed E-state index contributed by atoms with van der Waals surface area (Å²) in [6, 6.07) is 6.35. The Kier molecular flexibility index (Phi) is 3.93. The van der Waals surface area contributed by atoms with Crippen molar-refractivity contribution in [1.29, 1.82) is 0 Å². The monoisotopic (exact) mass is 295 g/mol. The van der Waals surface area contributed by atoms with Crippen molar-refractivity contribution in [2.45, 2.75) is 0 Å². The van der Waals surface area contributed by atoms with Gasteiger partial charge in [0.1, 0.15) is 0 Å². The molecule has 0 aliphatic carbocycles. The fraction of sp³-hybridized carbons (Fsp3) is 0.0769. The van der Waals surface area contributed by atoms with Crippen LogP contribution in [0.1, 0.15) is 10.4 Å². The van der Waals surface area contributed by atoms with E-state index in [1.165, 1.54) is 11.1 Å². The minimum Gasteiger partial charge on any atom is -0.396 e. The molecule has 0 saturated carbocycles. The highest BCUT2D eigenvalue weighted by atomic mass is 35.5. The Morgan fingerprint density at radius 2 is 1.89 bits per heavy atom. The van der Waals surface area contributed by atoms with Crippen molar-refractivity contribution < 1.29 is 4.79 Å². The zero-order chi connectivity index (χ0) is 14.0. The highest BCUT2D eigenvalue weighted by Crippen LogP contribution is 2.24. The van der Waals surface area contributed by atoms with Crippen LogP contribution in [0.2, 0.25) is 10.0 Å². The number of aromatic nitrogens is 1. The van der Waals surface area contributed by atoms with Crippen LogP contribution >= 0.6 is 23.2 Å². The fourth-order valence-electron chi connectivity index (χ4n) is 1.69. The number of anilines is 2. The van der Waals surface area contributed by atoms with E-state index in [0.717, 1.165) is 0 Å². The zero-order valence-electron chi connectivity index (χ0n) is 10.1. The quantitative estimate of drug-likeness (QED) is 0.925. The van der Waals surface area contributed by atoms with Crippen LogP contribution in [0.3, 0.4) is 0 Å². The molecule has 19 heavy (non-hydrogen) atoms. The standard InChI is InChI=1S/C13H11Cl2N3O/c1-18(12-2-3-17-7-11(12)16)13(19)8-4-9(14)6-10(15)5-8/h2-7H,16H2,1H3. The minimum absolute atomic E-state index is 0.248. The lowest BCUT2D eigenvalue weighted by molar-refractivity contribution is 0.0993. The maximum atomic E-state index is 12.3. The first-order chi connectivity index (χ1) is 8.99. The van der Waals surface area contributed by atoms with Gasteiger partial charge >= 0.3 is 0 Å². The lowest BCUT2D eigenvalue weighted by atomic mass is 10.2. The molecule has 1 amide bonds. The second-order valence-electron chi connectivity index (χ2n) is 3.96. The number of halogens is 2. The van der Waals surface area contributed by atoms with E-state index in [-0.39, 0.29) is 5.91 Å². The Morgan fingerprint density at radius 3 is 2.47 bits per heavy atom. The van der Waals surface area contributed by atoms with Gasteiger partial charge in [0.25, 0.3) is 5.91 Å². The molecule has 0 bridgehead atoms. The zero-order valence-corrected chi connectivity index (χ0v) is 11.6. The van der Waals surface area contributed by atoms with Gasteiger partial charge in [-0.05, 0) is 24.3 Å². The van der Waals surface area contributed by atoms with Crippen LogP contribution < -0.4 is 10.6 Å². The van der Waals surface area contributed by atoms with Crippen LogP contribution in [0.15, 0.2) is 36.7 Å². The molecule has 98 valence electrons. The second kappa shape index (κ2) is 5.47. The highest BCUT2D eigenvalue weighted by Gasteiger charge is 2.16. The number of carbonyl (C=O) groups is 1. The van der Waals surface area contributed by atoms with Crippen LogP contribution in [0.5, 0.6) is 0 Å². The van der Waals surface area contributed by atoms with Gasteiger partial charge in [0.2, 0.25) is 0 Å². The highest BCUT2D eigenvalue weighted by molar-refractivity contribution is 6.35. The molecule has 2 N–H and O–H groups in total. The molecular weight excluding hydrogens is 285 g/mol. The molecular formula is C13H11Cl2N3O. The normalized spacial score (nSPS) is 10.3. The van der Waals surface area contributed by atoms with Crippen molar-refractivity contribution in [3.63, 3.8) is 0 Å². The third kappa shape index (κ3) is 2.97. The molecule has 0 atom stereocenters. The predicted octanol–water partition coefficient (Wildman–Crippen LogP) is 3.25. The number of nitrogens with zero attached hydrogens (tertiary/aromatic N) is 2. The first-order valence-electron chi connectivity index (χ1n) is 5.42. The van der Waals surface area contributed by atoms with E-state index in [9.17, 15) is 4.79 Å². The number of amides is 1. The maximum absolute atomic E-state index is 12.3. The fourth-order valence-corrected chi connectivity index (χ4v) is 2.21. The third-order valence-corrected chi connectivity index (χ3v) is 3.04. The first kappa shape index (κ1) is 13.6. The molecule has 4 nitrogen and oxygen atoms in total. The van der Waals surface area contributed by atoms with E-state index in [1.807, 2.05) is 0 Å². The molecule has 0 unspecified atom stereocenters. The molecule has 2 aromatic rings. The number of nitrogen functional groups attached to an aromatic ring is 1. The molecule has 0 saturated heterocycles. The average Bonchev–Trinajstić information content (AvgIpc) is 2.36. The molecule has 0 radical (unpaired) electrons. The predicted molar refractivity (Wildman–Crippen MR) is 77.8 cm³/mol. The van der Waals surface area contributed by atoms with Gasteiger partial charge in [0, 0.05) is 28.9 Å². The molecule has 6 heteroatoms. The van der Waals surface area contributed by atoms with E-state index < -0.39 is 0 Å². The number of nitrogens with two attached hydrogens (primary N) is 1. The SMILES string of the molecule is CN(C(=O)c1cc(Cl)cc(Cl)c1)c1ccncc1N. The molecule has 1 aromatic heterocycles. The Balaban J connectivity index is 2.36. The molecule has 0 spiro atoms. The summed E-state index contributed by atoms with van der Waals surface area (Å²) in [5.41, 5.74) is 7.19. The van der Waals surface area contributed by atoms with Gasteiger partial charge in [-0.25, -0.2) is 0 Å². The number of benzene rings is 1. The van der Waals surface area contributed by atoms with Gasteiger partial charge in [-0.1, -0.05) is 23.2 Å². The van der Waals surface area contributed by atoms with Gasteiger partial charge in [0.05, 0.1) is 17.6 Å². The topological polar surface area (TPSA) is 59.2 Å². The Morgan fingerprint density at radius 1 is 1.26 bits per heavy atom. The minimum atomic E-state index is -0.248. The van der Waals surface area contributed by atoms with E-state index >= 15 is 0 Å². The molecule has 2 rings (SSSR count). The van der Waals surface area contributed by atoms with E-state index in [0.29, 0.717) is 27.0 Å². The van der Waals surface area contributed by atoms with Crippen molar-refractivity contribution >= 4 is 40.5 Å². The summed E-state index contributed by atoms with van der Waals surface area (Å²) >= 11 is 11.8. The van der Waals surface area contributed by atoms with E-state index in [1.54, 1.807) is 37.5 Å². The van der Waals surface area contributed by atoms with Crippen LogP contribution in [0.25, 0.3) is 0 Å². The van der Waals surface area contributed by atoms with Gasteiger partial charge < -0.3 is 10.6 Å². The second-order valence-corrected chi connectivity index (χ2v) is 4.83. The smallest absolute Gasteiger partial charge is 0.258 e. The van der Waals surface area contributed by atoms with Crippen molar-refractivity contribution in [2.75, 3.05) is 17.7 Å². The number of rotatable bonds is 2. The Bertz CT molecular complexity index is 611. The number of hydrogen-bond donors (Lipinski definition) is 1. The molecule has 1 heterocycles. The summed E-state index contributed by atoms with van der Waals surface area (Å²) in [5, 5.41) is 0.818. The van der Waals surface area contributed by atoms with Gasteiger partial charge in [-0.3, -0.25) is 9.78 Å². The summed E-state index contributed by atoms with van der Waals surface area (Å²) in [7, 11) is 1.63. The van der Waals surface area contributed by atoms with E-state index in [4.69, 9.17) is 28.9 Å². The first-order valence-corrected chi connectivity index (χ1v) is 6.18. The Hall–Kier alpha value is -1.78. The number of carbonyl (C=O) groups excluding carboxylic acids is 1. The summed E-state index contributed by atoms with van der Waals surface area (Å²) < 4.78 is 0. The van der Waals surface area contributed by atoms with Crippen molar-refractivity contribution in [1.82, 2.24) is 4.98 Å². The van der Waals surface area contributed by atoms with E-state index in [2.05, 4.69) is 4.98 Å². The molecule has 0 aliphatic heterocycles. The summed E-state index contributed by atoms with van der Waals surface area (Å²) in [4.78, 5) is 17.6. The Labute approximate surface area is 120 Å².